The van der Waals surface area contributed by atoms with Gasteiger partial charge in [0.2, 0.25) is 0 Å². The van der Waals surface area contributed by atoms with Crippen molar-refractivity contribution < 1.29 is 18.0 Å². The van der Waals surface area contributed by atoms with Crippen molar-refractivity contribution in [2.45, 2.75) is 18.7 Å². The average molecular weight is 415 g/mol. The lowest BCUT2D eigenvalue weighted by Gasteiger charge is -2.13. The van der Waals surface area contributed by atoms with Gasteiger partial charge in [0.15, 0.2) is 0 Å². The number of anilines is 1. The normalized spacial score (nSPS) is 16.0. The highest BCUT2D eigenvalue weighted by molar-refractivity contribution is 8.18. The summed E-state index contributed by atoms with van der Waals surface area (Å²) in [7, 11) is -3.78. The minimum atomic E-state index is -3.78. The van der Waals surface area contributed by atoms with Crippen molar-refractivity contribution in [3.05, 3.63) is 70.1 Å². The third-order valence-corrected chi connectivity index (χ3v) is 6.17. The summed E-state index contributed by atoms with van der Waals surface area (Å²) in [6.45, 7) is 3.69. The van der Waals surface area contributed by atoms with Gasteiger partial charge in [0.25, 0.3) is 21.2 Å². The molecule has 0 spiro atoms. The number of sulfonamides is 1. The van der Waals surface area contributed by atoms with Crippen LogP contribution < -0.4 is 10.0 Å². The lowest BCUT2D eigenvalue weighted by atomic mass is 10.0. The van der Waals surface area contributed by atoms with Gasteiger partial charge in [-0.25, -0.2) is 8.42 Å². The molecule has 28 heavy (non-hydrogen) atoms. The molecular formula is C20H18N2O4S2. The monoisotopic (exact) mass is 414 g/mol. The highest BCUT2D eigenvalue weighted by atomic mass is 32.2. The number of thioether (sulfide) groups is 1. The molecule has 1 aliphatic rings. The molecule has 2 N–H and O–H groups in total. The molecule has 0 unspecified atom stereocenters. The minimum Gasteiger partial charge on any atom is -0.282 e. The molecule has 0 bridgehead atoms. The first-order chi connectivity index (χ1) is 13.3. The largest absolute Gasteiger partial charge is 0.290 e. The molecule has 0 aliphatic carbocycles. The predicted octanol–water partition coefficient (Wildman–Crippen LogP) is 4.15. The second kappa shape index (κ2) is 8.04. The van der Waals surface area contributed by atoms with Gasteiger partial charge in [0, 0.05) is 5.56 Å². The average Bonchev–Trinajstić information content (AvgIpc) is 2.95. The molecule has 2 aromatic carbocycles. The molecule has 1 heterocycles. The number of benzene rings is 2. The van der Waals surface area contributed by atoms with Crippen molar-refractivity contribution in [1.29, 1.82) is 0 Å². The van der Waals surface area contributed by atoms with Gasteiger partial charge in [0.1, 0.15) is 0 Å². The van der Waals surface area contributed by atoms with Crippen LogP contribution in [0.3, 0.4) is 0 Å². The number of imide groups is 1. The summed E-state index contributed by atoms with van der Waals surface area (Å²) >= 11 is 0.811. The SMILES string of the molecule is C/C=C\c1c(/C=C2\SC(=O)NC2=O)cccc1NS(=O)(=O)c1ccc(C)cc1. The fourth-order valence-corrected chi connectivity index (χ4v) is 4.39. The van der Waals surface area contributed by atoms with Crippen LogP contribution in [0.4, 0.5) is 10.5 Å². The van der Waals surface area contributed by atoms with E-state index in [1.807, 2.05) is 13.8 Å². The molecule has 0 aromatic heterocycles. The fraction of sp³-hybridized carbons (Fsp3) is 0.100. The van der Waals surface area contributed by atoms with Crippen molar-refractivity contribution in [3.8, 4) is 0 Å². The molecule has 0 saturated carbocycles. The third kappa shape index (κ3) is 4.35. The summed E-state index contributed by atoms with van der Waals surface area (Å²) in [5.74, 6) is -0.466. The van der Waals surface area contributed by atoms with E-state index < -0.39 is 21.2 Å². The van der Waals surface area contributed by atoms with Gasteiger partial charge >= 0.3 is 0 Å². The molecule has 1 saturated heterocycles. The number of hydrogen-bond donors (Lipinski definition) is 2. The molecule has 6 nitrogen and oxygen atoms in total. The van der Waals surface area contributed by atoms with Gasteiger partial charge in [-0.2, -0.15) is 0 Å². The van der Waals surface area contributed by atoms with Gasteiger partial charge in [-0.1, -0.05) is 42.0 Å². The summed E-state index contributed by atoms with van der Waals surface area (Å²) < 4.78 is 28.1. The van der Waals surface area contributed by atoms with Gasteiger partial charge in [-0.3, -0.25) is 19.6 Å². The molecule has 3 rings (SSSR count). The molecular weight excluding hydrogens is 396 g/mol. The Labute approximate surface area is 167 Å². The van der Waals surface area contributed by atoms with Crippen molar-refractivity contribution in [2.75, 3.05) is 4.72 Å². The van der Waals surface area contributed by atoms with Crippen LogP contribution >= 0.6 is 11.8 Å². The first kappa shape index (κ1) is 19.9. The molecule has 2 amide bonds. The van der Waals surface area contributed by atoms with E-state index in [0.29, 0.717) is 16.8 Å². The van der Waals surface area contributed by atoms with Crippen LogP contribution in [0.5, 0.6) is 0 Å². The van der Waals surface area contributed by atoms with Gasteiger partial charge in [-0.05, 0) is 55.4 Å². The highest BCUT2D eigenvalue weighted by Crippen LogP contribution is 2.30. The minimum absolute atomic E-state index is 0.157. The zero-order valence-corrected chi connectivity index (χ0v) is 16.9. The van der Waals surface area contributed by atoms with Crippen molar-refractivity contribution in [2.24, 2.45) is 0 Å². The van der Waals surface area contributed by atoms with E-state index >= 15 is 0 Å². The first-order valence-electron chi connectivity index (χ1n) is 8.40. The van der Waals surface area contributed by atoms with E-state index in [0.717, 1.165) is 17.3 Å². The van der Waals surface area contributed by atoms with Crippen LogP contribution in [0.25, 0.3) is 12.2 Å². The quantitative estimate of drug-likeness (QED) is 0.717. The number of amides is 2. The second-order valence-electron chi connectivity index (χ2n) is 6.08. The Kier molecular flexibility index (Phi) is 5.71. The van der Waals surface area contributed by atoms with Gasteiger partial charge in [0.05, 0.1) is 15.5 Å². The number of carbonyl (C=O) groups excluding carboxylic acids is 2. The number of nitrogens with one attached hydrogen (secondary N) is 2. The summed E-state index contributed by atoms with van der Waals surface area (Å²) in [4.78, 5) is 23.6. The topological polar surface area (TPSA) is 92.3 Å². The smallest absolute Gasteiger partial charge is 0.282 e. The van der Waals surface area contributed by atoms with E-state index in [-0.39, 0.29) is 9.80 Å². The highest BCUT2D eigenvalue weighted by Gasteiger charge is 2.25. The number of aryl methyl sites for hydroxylation is 1. The van der Waals surface area contributed by atoms with Gasteiger partial charge in [-0.15, -0.1) is 0 Å². The van der Waals surface area contributed by atoms with Crippen LogP contribution in [0.1, 0.15) is 23.6 Å². The Balaban J connectivity index is 2.02. The third-order valence-electron chi connectivity index (χ3n) is 3.98. The van der Waals surface area contributed by atoms with Crippen LogP contribution in [0.15, 0.2) is 58.3 Å². The summed E-state index contributed by atoms with van der Waals surface area (Å²) in [5, 5.41) is 1.77. The van der Waals surface area contributed by atoms with Crippen LogP contribution in [0, 0.1) is 6.92 Å². The molecule has 8 heteroatoms. The molecule has 2 aromatic rings. The molecule has 144 valence electrons. The van der Waals surface area contributed by atoms with Crippen molar-refractivity contribution in [3.63, 3.8) is 0 Å². The molecule has 0 atom stereocenters. The van der Waals surface area contributed by atoms with Gasteiger partial charge < -0.3 is 0 Å². The fourth-order valence-electron chi connectivity index (χ4n) is 2.63. The van der Waals surface area contributed by atoms with E-state index in [4.69, 9.17) is 0 Å². The molecule has 1 fully saturated rings. The summed E-state index contributed by atoms with van der Waals surface area (Å²) in [6, 6.07) is 11.6. The van der Waals surface area contributed by atoms with Crippen molar-refractivity contribution >= 4 is 50.8 Å². The lowest BCUT2D eigenvalue weighted by Crippen LogP contribution is -2.17. The molecule has 1 aliphatic heterocycles. The Morgan fingerprint density at radius 2 is 1.79 bits per heavy atom. The van der Waals surface area contributed by atoms with Crippen LogP contribution in [0.2, 0.25) is 0 Å². The number of carbonyl (C=O) groups is 2. The van der Waals surface area contributed by atoms with Crippen LogP contribution in [-0.2, 0) is 14.8 Å². The van der Waals surface area contributed by atoms with Crippen LogP contribution in [-0.4, -0.2) is 19.6 Å². The number of hydrogen-bond acceptors (Lipinski definition) is 5. The Morgan fingerprint density at radius 3 is 2.39 bits per heavy atom. The Hall–Kier alpha value is -2.84. The maximum Gasteiger partial charge on any atom is 0.290 e. The van der Waals surface area contributed by atoms with Crippen molar-refractivity contribution in [1.82, 2.24) is 5.32 Å². The zero-order valence-electron chi connectivity index (χ0n) is 15.2. The van der Waals surface area contributed by atoms with E-state index in [1.165, 1.54) is 0 Å². The van der Waals surface area contributed by atoms with E-state index in [9.17, 15) is 18.0 Å². The zero-order chi connectivity index (χ0) is 20.3. The Bertz CT molecular complexity index is 1100. The summed E-state index contributed by atoms with van der Waals surface area (Å²) in [5.41, 5.74) is 2.56. The van der Waals surface area contributed by atoms with E-state index in [2.05, 4.69) is 10.0 Å². The second-order valence-corrected chi connectivity index (χ2v) is 8.78. The predicted molar refractivity (Wildman–Crippen MR) is 112 cm³/mol. The first-order valence-corrected chi connectivity index (χ1v) is 10.7. The summed E-state index contributed by atoms with van der Waals surface area (Å²) in [6.07, 6.45) is 5.09. The maximum atomic E-state index is 12.8. The maximum absolute atomic E-state index is 12.8. The standard InChI is InChI=1S/C20H18N2O4S2/c1-3-5-16-14(12-18-19(23)21-20(24)27-18)6-4-7-17(16)22-28(25,26)15-10-8-13(2)9-11-15/h3-12,22H,1-2H3,(H,21,23,24)/b5-3-,18-12-. The van der Waals surface area contributed by atoms with E-state index in [1.54, 1.807) is 60.7 Å². The number of allylic oxidation sites excluding steroid dienone is 1. The Morgan fingerprint density at radius 1 is 1.07 bits per heavy atom. The molecule has 0 radical (unpaired) electrons. The number of rotatable bonds is 5. The lowest BCUT2D eigenvalue weighted by molar-refractivity contribution is -0.115.